The summed E-state index contributed by atoms with van der Waals surface area (Å²) in [6, 6.07) is 0. The second kappa shape index (κ2) is 13.8. The van der Waals surface area contributed by atoms with Crippen LogP contribution in [0.5, 0.6) is 0 Å². The van der Waals surface area contributed by atoms with Crippen molar-refractivity contribution >= 4 is 17.9 Å². The van der Waals surface area contributed by atoms with Gasteiger partial charge in [0.15, 0.2) is 5.60 Å². The van der Waals surface area contributed by atoms with Gasteiger partial charge in [-0.1, -0.05) is 0 Å². The van der Waals surface area contributed by atoms with E-state index in [9.17, 15) is 19.5 Å². The molecular weight excluding hydrogens is 324 g/mol. The van der Waals surface area contributed by atoms with E-state index in [1.807, 2.05) is 0 Å². The van der Waals surface area contributed by atoms with E-state index < -0.39 is 41.4 Å². The first-order chi connectivity index (χ1) is 7.51. The average Bonchev–Trinajstić information content (AvgIpc) is 1.98. The van der Waals surface area contributed by atoms with E-state index >= 15 is 0 Å². The van der Waals surface area contributed by atoms with Gasteiger partial charge in [0.1, 0.15) is 0 Å². The van der Waals surface area contributed by atoms with Crippen molar-refractivity contribution in [3.8, 4) is 0 Å². The van der Waals surface area contributed by atoms with Crippen LogP contribution < -0.4 is 108 Å². The van der Waals surface area contributed by atoms with Crippen LogP contribution in [-0.2, 0) is 14.4 Å². The number of aliphatic carboxylic acids is 3. The summed E-state index contributed by atoms with van der Waals surface area (Å²) < 4.78 is 0. The minimum atomic E-state index is -2.80. The summed E-state index contributed by atoms with van der Waals surface area (Å²) >= 11 is 0. The number of nitrogens with zero attached hydrogens (tertiary/aromatic N) is 1. The van der Waals surface area contributed by atoms with Gasteiger partial charge in [-0.05, 0) is 0 Å². The van der Waals surface area contributed by atoms with Gasteiger partial charge < -0.3 is 40.5 Å². The molecule has 0 amide bonds. The second-order valence-corrected chi connectivity index (χ2v) is 2.68. The monoisotopic (exact) mass is 331 g/mol. The van der Waals surface area contributed by atoms with Gasteiger partial charge in [0.25, 0.3) is 0 Å². The predicted molar refractivity (Wildman–Crippen MR) is 44.8 cm³/mol. The quantitative estimate of drug-likeness (QED) is 0.246. The van der Waals surface area contributed by atoms with Crippen LogP contribution in [0.1, 0.15) is 12.8 Å². The molecule has 1 atom stereocenters. The molecule has 0 rings (SSSR count). The van der Waals surface area contributed by atoms with Crippen molar-refractivity contribution in [3.63, 3.8) is 0 Å². The Morgan fingerprint density at radius 1 is 1.05 bits per heavy atom. The smallest absolute Gasteiger partial charge is 0.550 e. The summed E-state index contributed by atoms with van der Waals surface area (Å²) in [4.78, 5) is 38.6. The van der Waals surface area contributed by atoms with Gasteiger partial charge in [0.2, 0.25) is 0 Å². The Balaban J connectivity index is -0.000000165. The van der Waals surface area contributed by atoms with E-state index in [0.717, 1.165) is 0 Å². The molecule has 0 aliphatic heterocycles. The molecular formula is C6H7K2NO10. The number of carboxylic acids is 3. The van der Waals surface area contributed by atoms with Gasteiger partial charge in [-0.2, -0.15) is 0 Å². The SMILES string of the molecule is O=C([O-])CC(O)(CC(=O)O)C(=O)O.O=[N+]([O-])[O-].[K+].[K+]. The Morgan fingerprint density at radius 3 is 1.53 bits per heavy atom. The van der Waals surface area contributed by atoms with Crippen molar-refractivity contribution in [2.75, 3.05) is 0 Å². The zero-order chi connectivity index (χ0) is 14.2. The van der Waals surface area contributed by atoms with Crippen LogP contribution in [0.2, 0.25) is 0 Å². The number of hydrogen-bond acceptors (Lipinski definition) is 8. The summed E-state index contributed by atoms with van der Waals surface area (Å²) in [5.74, 6) is -5.34. The first kappa shape index (κ1) is 28.1. The molecule has 0 radical (unpaired) electrons. The number of carboxylic acid groups (broad SMARTS) is 3. The maximum atomic E-state index is 10.3. The van der Waals surface area contributed by atoms with Crippen molar-refractivity contribution in [3.05, 3.63) is 15.3 Å². The van der Waals surface area contributed by atoms with Crippen LogP contribution in [0.15, 0.2) is 0 Å². The standard InChI is InChI=1S/C6H8O7.2K.NO3/c7-3(8)1-6(13,5(11)12)2-4(9)10;;;2-1(3)4/h13H,1-2H2,(H,7,8)(H,9,10)(H,11,12);;;/q;2*+1;-1/p-1. The molecule has 0 saturated carbocycles. The molecule has 0 bridgehead atoms. The molecule has 0 aromatic rings. The van der Waals surface area contributed by atoms with Crippen molar-refractivity contribution in [1.29, 1.82) is 0 Å². The third kappa shape index (κ3) is 18.8. The fraction of sp³-hybridized carbons (Fsp3) is 0.500. The minimum Gasteiger partial charge on any atom is -0.550 e. The Labute approximate surface area is 190 Å². The molecule has 98 valence electrons. The number of hydrogen-bond donors (Lipinski definition) is 3. The molecule has 0 fully saturated rings. The molecule has 0 aromatic carbocycles. The van der Waals surface area contributed by atoms with Crippen LogP contribution >= 0.6 is 0 Å². The summed E-state index contributed by atoms with van der Waals surface area (Å²) in [7, 11) is 0. The van der Waals surface area contributed by atoms with Gasteiger partial charge in [-0.25, -0.2) is 4.79 Å². The molecule has 19 heavy (non-hydrogen) atoms. The zero-order valence-corrected chi connectivity index (χ0v) is 16.3. The van der Waals surface area contributed by atoms with Gasteiger partial charge in [0.05, 0.1) is 11.5 Å². The fourth-order valence-electron chi connectivity index (χ4n) is 0.703. The number of rotatable bonds is 5. The van der Waals surface area contributed by atoms with E-state index in [4.69, 9.17) is 30.6 Å². The molecule has 0 aromatic heterocycles. The summed E-state index contributed by atoms with van der Waals surface area (Å²) in [5.41, 5.74) is -2.80. The van der Waals surface area contributed by atoms with Crippen LogP contribution in [-0.4, -0.2) is 43.9 Å². The molecule has 0 spiro atoms. The van der Waals surface area contributed by atoms with Crippen molar-refractivity contribution in [2.24, 2.45) is 0 Å². The third-order valence-electron chi connectivity index (χ3n) is 1.28. The van der Waals surface area contributed by atoms with Crippen LogP contribution in [0.3, 0.4) is 0 Å². The molecule has 3 N–H and O–H groups in total. The van der Waals surface area contributed by atoms with Crippen molar-refractivity contribution < 1.29 is 143 Å². The van der Waals surface area contributed by atoms with E-state index in [0.29, 0.717) is 0 Å². The van der Waals surface area contributed by atoms with Gasteiger partial charge in [-0.15, -0.1) is 0 Å². The molecule has 0 aliphatic rings. The van der Waals surface area contributed by atoms with Gasteiger partial charge in [-0.3, -0.25) is 4.79 Å². The predicted octanol–water partition coefficient (Wildman–Crippen LogP) is -8.81. The van der Waals surface area contributed by atoms with E-state index in [1.165, 1.54) is 0 Å². The maximum absolute atomic E-state index is 10.3. The Kier molecular flexibility index (Phi) is 20.4. The first-order valence-corrected chi connectivity index (χ1v) is 3.70. The third-order valence-corrected chi connectivity index (χ3v) is 1.28. The van der Waals surface area contributed by atoms with Crippen LogP contribution in [0, 0.1) is 15.3 Å². The number of aliphatic hydroxyl groups is 1. The van der Waals surface area contributed by atoms with Crippen LogP contribution in [0.25, 0.3) is 0 Å². The molecule has 0 saturated heterocycles. The Hall–Kier alpha value is 0.843. The Bertz CT molecular complexity index is 312. The summed E-state index contributed by atoms with van der Waals surface area (Å²) in [5, 5.41) is 50.3. The number of carbonyl (C=O) groups is 3. The van der Waals surface area contributed by atoms with Crippen LogP contribution in [0.4, 0.5) is 0 Å². The van der Waals surface area contributed by atoms with Gasteiger partial charge in [0, 0.05) is 12.4 Å². The normalized spacial score (nSPS) is 11.2. The van der Waals surface area contributed by atoms with E-state index in [1.54, 1.807) is 0 Å². The van der Waals surface area contributed by atoms with Crippen molar-refractivity contribution in [1.82, 2.24) is 0 Å². The first-order valence-electron chi connectivity index (χ1n) is 3.70. The maximum Gasteiger partial charge on any atom is 1.00 e. The minimum absolute atomic E-state index is 0. The zero-order valence-electron chi connectivity index (χ0n) is 10.1. The molecule has 0 heterocycles. The molecule has 1 unspecified atom stereocenters. The molecule has 0 aliphatic carbocycles. The van der Waals surface area contributed by atoms with Gasteiger partial charge >= 0.3 is 115 Å². The van der Waals surface area contributed by atoms with E-state index in [-0.39, 0.29) is 103 Å². The summed E-state index contributed by atoms with van der Waals surface area (Å²) in [6.45, 7) is 0. The van der Waals surface area contributed by atoms with Crippen molar-refractivity contribution in [2.45, 2.75) is 18.4 Å². The second-order valence-electron chi connectivity index (χ2n) is 2.68. The molecule has 11 nitrogen and oxygen atoms in total. The fourth-order valence-corrected chi connectivity index (χ4v) is 0.703. The largest absolute Gasteiger partial charge is 1.00 e. The number of carbonyl (C=O) groups excluding carboxylic acids is 1. The molecule has 13 heteroatoms. The average molecular weight is 331 g/mol. The summed E-state index contributed by atoms with van der Waals surface area (Å²) in [6.07, 6.45) is -2.44. The van der Waals surface area contributed by atoms with E-state index in [2.05, 4.69) is 0 Å². The topological polar surface area (TPSA) is 201 Å². The Morgan fingerprint density at radius 2 is 1.37 bits per heavy atom.